The third-order valence-electron chi connectivity index (χ3n) is 3.88. The fraction of sp³-hybridized carbons (Fsp3) is 0.571. The SMILES string of the molecule is CC1CCC(CN)C(S(=O)c2ccc(F)cc2F)C1. The molecule has 0 radical (unpaired) electrons. The highest BCUT2D eigenvalue weighted by molar-refractivity contribution is 7.85. The fourth-order valence-corrected chi connectivity index (χ4v) is 4.60. The van der Waals surface area contributed by atoms with E-state index >= 15 is 0 Å². The van der Waals surface area contributed by atoms with Gasteiger partial charge in [-0.3, -0.25) is 4.21 Å². The monoisotopic (exact) mass is 287 g/mol. The zero-order valence-corrected chi connectivity index (χ0v) is 11.8. The first-order valence-corrected chi connectivity index (χ1v) is 7.80. The normalized spacial score (nSPS) is 29.2. The molecule has 106 valence electrons. The summed E-state index contributed by atoms with van der Waals surface area (Å²) >= 11 is 0. The van der Waals surface area contributed by atoms with Crippen LogP contribution >= 0.6 is 0 Å². The minimum Gasteiger partial charge on any atom is -0.330 e. The smallest absolute Gasteiger partial charge is 0.142 e. The van der Waals surface area contributed by atoms with Crippen molar-refractivity contribution in [3.63, 3.8) is 0 Å². The van der Waals surface area contributed by atoms with Gasteiger partial charge in [-0.25, -0.2) is 8.78 Å². The minimum atomic E-state index is -1.46. The van der Waals surface area contributed by atoms with Crippen molar-refractivity contribution in [3.05, 3.63) is 29.8 Å². The molecule has 1 aromatic rings. The molecule has 0 aliphatic heterocycles. The summed E-state index contributed by atoms with van der Waals surface area (Å²) in [6, 6.07) is 3.23. The highest BCUT2D eigenvalue weighted by atomic mass is 32.2. The maximum absolute atomic E-state index is 13.7. The molecule has 0 bridgehead atoms. The van der Waals surface area contributed by atoms with Crippen LogP contribution in [0.5, 0.6) is 0 Å². The van der Waals surface area contributed by atoms with Crippen molar-refractivity contribution in [2.75, 3.05) is 6.54 Å². The number of hydrogen-bond acceptors (Lipinski definition) is 2. The van der Waals surface area contributed by atoms with Gasteiger partial charge in [0.25, 0.3) is 0 Å². The molecule has 2 nitrogen and oxygen atoms in total. The Kier molecular flexibility index (Phi) is 4.68. The van der Waals surface area contributed by atoms with Gasteiger partial charge >= 0.3 is 0 Å². The predicted molar refractivity (Wildman–Crippen MR) is 72.1 cm³/mol. The molecule has 19 heavy (non-hydrogen) atoms. The Labute approximate surface area is 114 Å². The van der Waals surface area contributed by atoms with Crippen LogP contribution < -0.4 is 5.73 Å². The predicted octanol–water partition coefficient (Wildman–Crippen LogP) is 2.84. The summed E-state index contributed by atoms with van der Waals surface area (Å²) in [4.78, 5) is 0.0963. The molecule has 1 saturated carbocycles. The minimum absolute atomic E-state index is 0.0963. The molecular weight excluding hydrogens is 268 g/mol. The molecule has 0 aromatic heterocycles. The molecule has 0 spiro atoms. The summed E-state index contributed by atoms with van der Waals surface area (Å²) in [6.45, 7) is 2.57. The zero-order valence-electron chi connectivity index (χ0n) is 10.9. The van der Waals surface area contributed by atoms with E-state index in [2.05, 4.69) is 6.92 Å². The number of hydrogen-bond donors (Lipinski definition) is 1. The zero-order chi connectivity index (χ0) is 14.0. The van der Waals surface area contributed by atoms with Crippen molar-refractivity contribution in [3.8, 4) is 0 Å². The first-order chi connectivity index (χ1) is 9.02. The molecule has 2 N–H and O–H groups in total. The fourth-order valence-electron chi connectivity index (χ4n) is 2.72. The van der Waals surface area contributed by atoms with Gasteiger partial charge in [-0.2, -0.15) is 0 Å². The second-order valence-corrected chi connectivity index (χ2v) is 6.96. The second kappa shape index (κ2) is 6.09. The van der Waals surface area contributed by atoms with Crippen molar-refractivity contribution in [1.82, 2.24) is 0 Å². The average molecular weight is 287 g/mol. The number of rotatable bonds is 3. The van der Waals surface area contributed by atoms with E-state index in [1.54, 1.807) is 0 Å². The van der Waals surface area contributed by atoms with Gasteiger partial charge in [0.15, 0.2) is 0 Å². The molecule has 4 unspecified atom stereocenters. The van der Waals surface area contributed by atoms with E-state index < -0.39 is 22.4 Å². The van der Waals surface area contributed by atoms with Gasteiger partial charge in [-0.15, -0.1) is 0 Å². The summed E-state index contributed by atoms with van der Waals surface area (Å²) < 4.78 is 39.2. The summed E-state index contributed by atoms with van der Waals surface area (Å²) in [6.07, 6.45) is 2.78. The Bertz CT molecular complexity index is 481. The lowest BCUT2D eigenvalue weighted by Crippen LogP contribution is -2.37. The summed E-state index contributed by atoms with van der Waals surface area (Å²) in [5.74, 6) is -0.750. The van der Waals surface area contributed by atoms with Gasteiger partial charge in [0, 0.05) is 11.3 Å². The van der Waals surface area contributed by atoms with Crippen molar-refractivity contribution in [2.45, 2.75) is 36.3 Å². The maximum atomic E-state index is 13.7. The third kappa shape index (κ3) is 3.20. The van der Waals surface area contributed by atoms with E-state index in [0.717, 1.165) is 31.4 Å². The van der Waals surface area contributed by atoms with Gasteiger partial charge in [-0.05, 0) is 43.4 Å². The van der Waals surface area contributed by atoms with Crippen molar-refractivity contribution >= 4 is 10.8 Å². The Morgan fingerprint density at radius 1 is 1.37 bits per heavy atom. The molecule has 0 saturated heterocycles. The van der Waals surface area contributed by atoms with Crippen LogP contribution in [-0.2, 0) is 10.8 Å². The molecule has 1 fully saturated rings. The molecule has 4 atom stereocenters. The summed E-state index contributed by atoms with van der Waals surface area (Å²) in [7, 11) is -1.46. The lowest BCUT2D eigenvalue weighted by atomic mass is 9.82. The summed E-state index contributed by atoms with van der Waals surface area (Å²) in [5, 5.41) is -0.131. The third-order valence-corrected chi connectivity index (χ3v) is 5.77. The van der Waals surface area contributed by atoms with Crippen LogP contribution in [0.3, 0.4) is 0 Å². The highest BCUT2D eigenvalue weighted by Gasteiger charge is 2.33. The van der Waals surface area contributed by atoms with Gasteiger partial charge in [0.2, 0.25) is 0 Å². The lowest BCUT2D eigenvalue weighted by Gasteiger charge is -2.33. The molecular formula is C14H19F2NOS. The van der Waals surface area contributed by atoms with Gasteiger partial charge in [0.1, 0.15) is 11.6 Å². The molecule has 1 aliphatic rings. The molecule has 0 amide bonds. The Hall–Kier alpha value is -0.810. The lowest BCUT2D eigenvalue weighted by molar-refractivity contribution is 0.301. The standard InChI is InChI=1S/C14H19F2NOS/c1-9-2-3-10(8-17)14(6-9)19(18)13-5-4-11(15)7-12(13)16/h4-5,7,9-10,14H,2-3,6,8,17H2,1H3. The molecule has 0 heterocycles. The van der Waals surface area contributed by atoms with Crippen molar-refractivity contribution in [1.29, 1.82) is 0 Å². The van der Waals surface area contributed by atoms with Gasteiger partial charge in [-0.1, -0.05) is 13.3 Å². The van der Waals surface area contributed by atoms with E-state index in [-0.39, 0.29) is 16.1 Å². The van der Waals surface area contributed by atoms with Crippen LogP contribution in [-0.4, -0.2) is 16.0 Å². The number of nitrogens with two attached hydrogens (primary N) is 1. The average Bonchev–Trinajstić information content (AvgIpc) is 2.38. The van der Waals surface area contributed by atoms with E-state index in [0.29, 0.717) is 12.5 Å². The topological polar surface area (TPSA) is 43.1 Å². The Balaban J connectivity index is 2.25. The van der Waals surface area contributed by atoms with Crippen LogP contribution in [0.25, 0.3) is 0 Å². The van der Waals surface area contributed by atoms with Crippen LogP contribution in [0.2, 0.25) is 0 Å². The van der Waals surface area contributed by atoms with Crippen LogP contribution in [0.4, 0.5) is 8.78 Å². The van der Waals surface area contributed by atoms with E-state index in [1.807, 2.05) is 0 Å². The Morgan fingerprint density at radius 2 is 2.11 bits per heavy atom. The number of benzene rings is 1. The van der Waals surface area contributed by atoms with Crippen LogP contribution in [0, 0.1) is 23.5 Å². The van der Waals surface area contributed by atoms with Crippen molar-refractivity contribution in [2.24, 2.45) is 17.6 Å². The quantitative estimate of drug-likeness (QED) is 0.929. The van der Waals surface area contributed by atoms with Crippen LogP contribution in [0.1, 0.15) is 26.2 Å². The molecule has 1 aromatic carbocycles. The Morgan fingerprint density at radius 3 is 2.74 bits per heavy atom. The highest BCUT2D eigenvalue weighted by Crippen LogP contribution is 2.34. The van der Waals surface area contributed by atoms with E-state index in [4.69, 9.17) is 5.73 Å². The maximum Gasteiger partial charge on any atom is 0.142 e. The van der Waals surface area contributed by atoms with E-state index in [9.17, 15) is 13.0 Å². The first kappa shape index (κ1) is 14.6. The number of halogens is 2. The second-order valence-electron chi connectivity index (χ2n) is 5.32. The van der Waals surface area contributed by atoms with Gasteiger partial charge < -0.3 is 5.73 Å². The van der Waals surface area contributed by atoms with Gasteiger partial charge in [0.05, 0.1) is 15.7 Å². The van der Waals surface area contributed by atoms with E-state index in [1.165, 1.54) is 6.07 Å². The molecule has 2 rings (SSSR count). The van der Waals surface area contributed by atoms with Crippen LogP contribution in [0.15, 0.2) is 23.1 Å². The largest absolute Gasteiger partial charge is 0.330 e. The molecule has 5 heteroatoms. The summed E-state index contributed by atoms with van der Waals surface area (Å²) in [5.41, 5.74) is 5.73. The van der Waals surface area contributed by atoms with Crippen molar-refractivity contribution < 1.29 is 13.0 Å². The first-order valence-electron chi connectivity index (χ1n) is 6.58. The molecule has 1 aliphatic carbocycles.